The van der Waals surface area contributed by atoms with Crippen molar-refractivity contribution in [3.63, 3.8) is 0 Å². The first-order valence-corrected chi connectivity index (χ1v) is 11.2. The van der Waals surface area contributed by atoms with Gasteiger partial charge in [-0.2, -0.15) is 0 Å². The fourth-order valence-electron chi connectivity index (χ4n) is 4.91. The van der Waals surface area contributed by atoms with E-state index < -0.39 is 18.2 Å². The number of hydrogen-bond donors (Lipinski definition) is 4. The molecule has 33 heavy (non-hydrogen) atoms. The molecule has 2 aromatic rings. The Morgan fingerprint density at radius 2 is 1.61 bits per heavy atom. The summed E-state index contributed by atoms with van der Waals surface area (Å²) in [7, 11) is 0. The highest BCUT2D eigenvalue weighted by molar-refractivity contribution is 5.81. The highest BCUT2D eigenvalue weighted by Gasteiger charge is 2.34. The number of carbonyl (C=O) groups excluding carboxylic acids is 2. The lowest BCUT2D eigenvalue weighted by Crippen LogP contribution is -2.42. The maximum atomic E-state index is 12.4. The van der Waals surface area contributed by atoms with E-state index in [9.17, 15) is 19.5 Å². The number of aliphatic hydroxyl groups excluding tert-OH is 1. The Hall–Kier alpha value is -3.39. The summed E-state index contributed by atoms with van der Waals surface area (Å²) in [5, 5.41) is 23.3. The van der Waals surface area contributed by atoms with Crippen molar-refractivity contribution in [3.05, 3.63) is 59.7 Å². The minimum Gasteiger partial charge on any atom is -0.479 e. The molecule has 8 nitrogen and oxygen atoms in total. The highest BCUT2D eigenvalue weighted by atomic mass is 16.5. The van der Waals surface area contributed by atoms with E-state index in [-0.39, 0.29) is 36.8 Å². The van der Waals surface area contributed by atoms with E-state index in [4.69, 9.17) is 9.84 Å². The van der Waals surface area contributed by atoms with E-state index in [0.29, 0.717) is 13.0 Å². The number of carboxylic acid groups (broad SMARTS) is 1. The Balaban J connectivity index is 1.28. The number of carboxylic acids is 1. The molecule has 174 valence electrons. The van der Waals surface area contributed by atoms with Crippen LogP contribution in [0, 0.1) is 11.8 Å². The number of aliphatic carboxylic acids is 1. The fourth-order valence-corrected chi connectivity index (χ4v) is 4.91. The van der Waals surface area contributed by atoms with Gasteiger partial charge in [-0.1, -0.05) is 55.0 Å². The molecule has 0 aromatic heterocycles. The van der Waals surface area contributed by atoms with Crippen LogP contribution in [-0.4, -0.2) is 54.0 Å². The van der Waals surface area contributed by atoms with Gasteiger partial charge in [0.2, 0.25) is 5.91 Å². The van der Waals surface area contributed by atoms with Gasteiger partial charge < -0.3 is 25.6 Å². The normalized spacial score (nSPS) is 19.9. The third kappa shape index (κ3) is 5.01. The summed E-state index contributed by atoms with van der Waals surface area (Å²) < 4.78 is 5.55. The predicted molar refractivity (Wildman–Crippen MR) is 121 cm³/mol. The lowest BCUT2D eigenvalue weighted by Gasteiger charge is -2.20. The molecule has 0 aliphatic heterocycles. The molecule has 2 aliphatic carbocycles. The molecule has 3 atom stereocenters. The molecular formula is C25H28N2O6. The summed E-state index contributed by atoms with van der Waals surface area (Å²) in [5.41, 5.74) is 4.61. The molecule has 8 heteroatoms. The molecule has 4 rings (SSSR count). The van der Waals surface area contributed by atoms with Crippen molar-refractivity contribution >= 4 is 18.0 Å². The topological polar surface area (TPSA) is 125 Å². The number of carbonyl (C=O) groups is 3. The molecule has 2 aromatic carbocycles. The third-order valence-electron chi connectivity index (χ3n) is 6.60. The van der Waals surface area contributed by atoms with Crippen molar-refractivity contribution in [1.29, 1.82) is 0 Å². The zero-order chi connectivity index (χ0) is 23.4. The Morgan fingerprint density at radius 1 is 0.970 bits per heavy atom. The largest absolute Gasteiger partial charge is 0.479 e. The summed E-state index contributed by atoms with van der Waals surface area (Å²) in [6.45, 7) is 0.189. The van der Waals surface area contributed by atoms with Crippen molar-refractivity contribution in [2.75, 3.05) is 19.7 Å². The second-order valence-electron chi connectivity index (χ2n) is 8.60. The number of benzene rings is 2. The molecular weight excluding hydrogens is 424 g/mol. The van der Waals surface area contributed by atoms with Crippen molar-refractivity contribution in [3.8, 4) is 11.1 Å². The van der Waals surface area contributed by atoms with Crippen LogP contribution in [0.5, 0.6) is 0 Å². The first-order chi connectivity index (χ1) is 16.0. The maximum Gasteiger partial charge on any atom is 0.407 e. The molecule has 1 unspecified atom stereocenters. The average Bonchev–Trinajstić information content (AvgIpc) is 3.42. The van der Waals surface area contributed by atoms with Crippen LogP contribution in [0.2, 0.25) is 0 Å². The minimum absolute atomic E-state index is 0.0196. The summed E-state index contributed by atoms with van der Waals surface area (Å²) in [6.07, 6.45) is 0.128. The number of hydrogen-bond acceptors (Lipinski definition) is 5. The quantitative estimate of drug-likeness (QED) is 0.488. The molecule has 2 aliphatic rings. The Labute approximate surface area is 192 Å². The first-order valence-electron chi connectivity index (χ1n) is 11.2. The number of nitrogens with one attached hydrogen (secondary N) is 2. The smallest absolute Gasteiger partial charge is 0.407 e. The molecule has 0 saturated heterocycles. The van der Waals surface area contributed by atoms with Gasteiger partial charge in [-0.3, -0.25) is 4.79 Å². The number of rotatable bonds is 8. The number of amides is 2. The van der Waals surface area contributed by atoms with E-state index in [2.05, 4.69) is 34.9 Å². The van der Waals surface area contributed by atoms with Crippen LogP contribution in [0.4, 0.5) is 4.79 Å². The number of alkyl carbamates (subject to hydrolysis) is 1. The summed E-state index contributed by atoms with van der Waals surface area (Å²) in [4.78, 5) is 35.5. The van der Waals surface area contributed by atoms with Crippen molar-refractivity contribution in [2.45, 2.75) is 31.3 Å². The zero-order valence-electron chi connectivity index (χ0n) is 18.2. The molecule has 0 spiro atoms. The first kappa shape index (κ1) is 22.8. The Kier molecular flexibility index (Phi) is 6.93. The molecule has 1 fully saturated rings. The monoisotopic (exact) mass is 452 g/mol. The van der Waals surface area contributed by atoms with Gasteiger partial charge in [-0.05, 0) is 41.0 Å². The summed E-state index contributed by atoms with van der Waals surface area (Å²) in [6, 6.07) is 16.2. The predicted octanol–water partition coefficient (Wildman–Crippen LogP) is 2.50. The van der Waals surface area contributed by atoms with Crippen LogP contribution in [0.15, 0.2) is 48.5 Å². The lowest BCUT2D eigenvalue weighted by atomic mass is 9.95. The second kappa shape index (κ2) is 10.0. The Morgan fingerprint density at radius 3 is 2.24 bits per heavy atom. The molecule has 0 bridgehead atoms. The van der Waals surface area contributed by atoms with Gasteiger partial charge in [-0.15, -0.1) is 0 Å². The van der Waals surface area contributed by atoms with Crippen LogP contribution in [0.1, 0.15) is 36.3 Å². The van der Waals surface area contributed by atoms with E-state index in [1.54, 1.807) is 0 Å². The number of ether oxygens (including phenoxy) is 1. The molecule has 2 amide bonds. The maximum absolute atomic E-state index is 12.4. The summed E-state index contributed by atoms with van der Waals surface area (Å²) >= 11 is 0. The van der Waals surface area contributed by atoms with Gasteiger partial charge in [0, 0.05) is 18.4 Å². The minimum atomic E-state index is -1.63. The van der Waals surface area contributed by atoms with Gasteiger partial charge in [0.05, 0.1) is 6.54 Å². The number of fused-ring (bicyclic) bond motifs is 3. The number of aliphatic hydroxyl groups is 1. The van der Waals surface area contributed by atoms with Crippen molar-refractivity contribution < 1.29 is 29.3 Å². The third-order valence-corrected chi connectivity index (χ3v) is 6.60. The van der Waals surface area contributed by atoms with Gasteiger partial charge in [0.1, 0.15) is 6.61 Å². The molecule has 0 heterocycles. The average molecular weight is 453 g/mol. The molecule has 4 N–H and O–H groups in total. The van der Waals surface area contributed by atoms with E-state index >= 15 is 0 Å². The Bertz CT molecular complexity index is 994. The highest BCUT2D eigenvalue weighted by Crippen LogP contribution is 2.44. The second-order valence-corrected chi connectivity index (χ2v) is 8.60. The lowest BCUT2D eigenvalue weighted by molar-refractivity contribution is -0.146. The van der Waals surface area contributed by atoms with Gasteiger partial charge in [0.15, 0.2) is 6.10 Å². The van der Waals surface area contributed by atoms with Crippen LogP contribution in [0.25, 0.3) is 11.1 Å². The van der Waals surface area contributed by atoms with E-state index in [1.165, 1.54) is 0 Å². The zero-order valence-corrected chi connectivity index (χ0v) is 18.2. The fraction of sp³-hybridized carbons (Fsp3) is 0.400. The summed E-state index contributed by atoms with van der Waals surface area (Å²) in [5.74, 6) is -2.09. The van der Waals surface area contributed by atoms with Crippen molar-refractivity contribution in [2.24, 2.45) is 11.8 Å². The van der Waals surface area contributed by atoms with Crippen molar-refractivity contribution in [1.82, 2.24) is 10.6 Å². The van der Waals surface area contributed by atoms with Crippen LogP contribution in [-0.2, 0) is 14.3 Å². The van der Waals surface area contributed by atoms with E-state index in [0.717, 1.165) is 35.1 Å². The van der Waals surface area contributed by atoms with Crippen LogP contribution in [0.3, 0.4) is 0 Å². The SMILES string of the molecule is O=C(NC[C@@H]1CCC[C@@H]1C(=O)NCC(O)C(=O)O)OCC1c2ccccc2-c2ccccc21. The standard InChI is InChI=1S/C25H28N2O6/c28-22(24(30)31)13-26-23(29)16-11-5-6-15(16)12-27-25(32)33-14-21-19-9-3-1-7-17(19)18-8-2-4-10-20(18)21/h1-4,7-10,15-16,21-22,28H,5-6,11-14H2,(H,26,29)(H,27,32)(H,30,31)/t15-,16-,22?/m0/s1. The van der Waals surface area contributed by atoms with Crippen LogP contribution < -0.4 is 10.6 Å². The molecule has 1 saturated carbocycles. The van der Waals surface area contributed by atoms with Gasteiger partial charge in [-0.25, -0.2) is 9.59 Å². The van der Waals surface area contributed by atoms with Gasteiger partial charge >= 0.3 is 12.1 Å². The van der Waals surface area contributed by atoms with Crippen LogP contribution >= 0.6 is 0 Å². The molecule has 0 radical (unpaired) electrons. The van der Waals surface area contributed by atoms with Gasteiger partial charge in [0.25, 0.3) is 0 Å². The van der Waals surface area contributed by atoms with E-state index in [1.807, 2.05) is 24.3 Å².